The van der Waals surface area contributed by atoms with Gasteiger partial charge >= 0.3 is 0 Å². The summed E-state index contributed by atoms with van der Waals surface area (Å²) >= 11 is 2.16. The standard InChI is InChI=1S/C14H12INO2/c1-9-12(6-3-7-13(9)17)16-14(18)10-4-2-5-11(15)8-10/h2-8,17H,1H3,(H,16,18). The van der Waals surface area contributed by atoms with E-state index in [1.165, 1.54) is 0 Å². The molecule has 4 heteroatoms. The second kappa shape index (κ2) is 5.39. The van der Waals surface area contributed by atoms with Gasteiger partial charge in [0.15, 0.2) is 0 Å². The number of rotatable bonds is 2. The van der Waals surface area contributed by atoms with Gasteiger partial charge in [-0.3, -0.25) is 4.79 Å². The van der Waals surface area contributed by atoms with Crippen molar-refractivity contribution < 1.29 is 9.90 Å². The van der Waals surface area contributed by atoms with E-state index in [2.05, 4.69) is 27.9 Å². The number of phenols is 1. The zero-order valence-electron chi connectivity index (χ0n) is 9.77. The Bertz CT molecular complexity index is 596. The topological polar surface area (TPSA) is 49.3 Å². The van der Waals surface area contributed by atoms with Crippen LogP contribution in [0.5, 0.6) is 5.75 Å². The van der Waals surface area contributed by atoms with E-state index in [4.69, 9.17) is 0 Å². The van der Waals surface area contributed by atoms with Crippen LogP contribution in [0.25, 0.3) is 0 Å². The predicted molar refractivity (Wildman–Crippen MR) is 80.0 cm³/mol. The van der Waals surface area contributed by atoms with Crippen LogP contribution in [0.1, 0.15) is 15.9 Å². The quantitative estimate of drug-likeness (QED) is 0.812. The summed E-state index contributed by atoms with van der Waals surface area (Å²) in [6, 6.07) is 12.4. The van der Waals surface area contributed by atoms with Crippen molar-refractivity contribution in [2.24, 2.45) is 0 Å². The number of halogens is 1. The van der Waals surface area contributed by atoms with Crippen molar-refractivity contribution in [1.29, 1.82) is 0 Å². The molecule has 2 aromatic rings. The number of nitrogens with one attached hydrogen (secondary N) is 1. The Labute approximate surface area is 119 Å². The minimum Gasteiger partial charge on any atom is -0.508 e. The zero-order valence-corrected chi connectivity index (χ0v) is 11.9. The van der Waals surface area contributed by atoms with Crippen LogP contribution in [-0.4, -0.2) is 11.0 Å². The van der Waals surface area contributed by atoms with Gasteiger partial charge in [0.25, 0.3) is 5.91 Å². The van der Waals surface area contributed by atoms with Crippen molar-refractivity contribution >= 4 is 34.2 Å². The van der Waals surface area contributed by atoms with Crippen molar-refractivity contribution in [2.45, 2.75) is 6.92 Å². The minimum absolute atomic E-state index is 0.176. The lowest BCUT2D eigenvalue weighted by atomic mass is 10.1. The van der Waals surface area contributed by atoms with Gasteiger partial charge in [-0.25, -0.2) is 0 Å². The summed E-state index contributed by atoms with van der Waals surface area (Å²) in [5.41, 5.74) is 1.89. The maximum atomic E-state index is 12.0. The number of amides is 1. The Kier molecular flexibility index (Phi) is 3.86. The van der Waals surface area contributed by atoms with Gasteiger partial charge in [0.1, 0.15) is 5.75 Å². The molecule has 0 radical (unpaired) electrons. The van der Waals surface area contributed by atoms with E-state index in [0.29, 0.717) is 16.8 Å². The molecule has 2 aromatic carbocycles. The van der Waals surface area contributed by atoms with Gasteiger partial charge in [-0.05, 0) is 59.8 Å². The van der Waals surface area contributed by atoms with E-state index in [9.17, 15) is 9.90 Å². The Morgan fingerprint density at radius 3 is 2.67 bits per heavy atom. The van der Waals surface area contributed by atoms with Crippen LogP contribution in [0.15, 0.2) is 42.5 Å². The number of phenolic OH excluding ortho intramolecular Hbond substituents is 1. The molecule has 0 saturated carbocycles. The fourth-order valence-corrected chi connectivity index (χ4v) is 2.13. The van der Waals surface area contributed by atoms with E-state index in [-0.39, 0.29) is 11.7 Å². The normalized spacial score (nSPS) is 10.1. The molecule has 18 heavy (non-hydrogen) atoms. The number of anilines is 1. The molecule has 1 amide bonds. The second-order valence-corrected chi connectivity index (χ2v) is 5.16. The molecule has 2 rings (SSSR count). The summed E-state index contributed by atoms with van der Waals surface area (Å²) in [6.07, 6.45) is 0. The van der Waals surface area contributed by atoms with Crippen LogP contribution in [0.2, 0.25) is 0 Å². The van der Waals surface area contributed by atoms with Crippen LogP contribution in [0.4, 0.5) is 5.69 Å². The molecule has 0 aliphatic carbocycles. The number of hydrogen-bond donors (Lipinski definition) is 2. The summed E-state index contributed by atoms with van der Waals surface area (Å²) in [7, 11) is 0. The summed E-state index contributed by atoms with van der Waals surface area (Å²) in [6.45, 7) is 1.76. The van der Waals surface area contributed by atoms with Crippen molar-refractivity contribution in [3.63, 3.8) is 0 Å². The van der Waals surface area contributed by atoms with Gasteiger partial charge in [0, 0.05) is 20.4 Å². The summed E-state index contributed by atoms with van der Waals surface area (Å²) in [5.74, 6) is -0.00217. The third-order valence-electron chi connectivity index (χ3n) is 2.64. The molecule has 0 unspecified atom stereocenters. The van der Waals surface area contributed by atoms with Crippen LogP contribution in [0.3, 0.4) is 0 Å². The van der Waals surface area contributed by atoms with Gasteiger partial charge in [0.05, 0.1) is 0 Å². The molecule has 0 aliphatic heterocycles. The zero-order chi connectivity index (χ0) is 13.1. The SMILES string of the molecule is Cc1c(O)cccc1NC(=O)c1cccc(I)c1. The largest absolute Gasteiger partial charge is 0.508 e. The fraction of sp³-hybridized carbons (Fsp3) is 0.0714. The molecule has 0 saturated heterocycles. The lowest BCUT2D eigenvalue weighted by molar-refractivity contribution is 0.102. The lowest BCUT2D eigenvalue weighted by Gasteiger charge is -2.09. The number of carbonyl (C=O) groups is 1. The first-order chi connectivity index (χ1) is 8.58. The molecular formula is C14H12INO2. The highest BCUT2D eigenvalue weighted by atomic mass is 127. The summed E-state index contributed by atoms with van der Waals surface area (Å²) in [5, 5.41) is 12.4. The minimum atomic E-state index is -0.179. The van der Waals surface area contributed by atoms with Gasteiger partial charge in [-0.15, -0.1) is 0 Å². The molecular weight excluding hydrogens is 341 g/mol. The Morgan fingerprint density at radius 1 is 1.22 bits per heavy atom. The van der Waals surface area contributed by atoms with Crippen molar-refractivity contribution in [1.82, 2.24) is 0 Å². The smallest absolute Gasteiger partial charge is 0.255 e. The maximum absolute atomic E-state index is 12.0. The molecule has 0 aromatic heterocycles. The number of carbonyl (C=O) groups excluding carboxylic acids is 1. The fourth-order valence-electron chi connectivity index (χ4n) is 1.58. The van der Waals surface area contributed by atoms with Crippen LogP contribution < -0.4 is 5.32 Å². The first-order valence-electron chi connectivity index (χ1n) is 5.43. The monoisotopic (exact) mass is 353 g/mol. The Balaban J connectivity index is 2.24. The molecule has 3 nitrogen and oxygen atoms in total. The van der Waals surface area contributed by atoms with Crippen molar-refractivity contribution in [3.05, 3.63) is 57.2 Å². The molecule has 0 atom stereocenters. The number of hydrogen-bond acceptors (Lipinski definition) is 2. The van der Waals surface area contributed by atoms with E-state index in [0.717, 1.165) is 3.57 Å². The molecule has 0 bridgehead atoms. The maximum Gasteiger partial charge on any atom is 0.255 e. The van der Waals surface area contributed by atoms with E-state index >= 15 is 0 Å². The Morgan fingerprint density at radius 2 is 1.94 bits per heavy atom. The third-order valence-corrected chi connectivity index (χ3v) is 3.31. The first-order valence-corrected chi connectivity index (χ1v) is 6.51. The summed E-state index contributed by atoms with van der Waals surface area (Å²) < 4.78 is 1.01. The predicted octanol–water partition coefficient (Wildman–Crippen LogP) is 3.56. The van der Waals surface area contributed by atoms with E-state index in [1.807, 2.05) is 18.2 Å². The molecule has 0 spiro atoms. The van der Waals surface area contributed by atoms with Gasteiger partial charge in [-0.2, -0.15) is 0 Å². The average Bonchev–Trinajstić information content (AvgIpc) is 2.35. The molecule has 92 valence electrons. The third kappa shape index (κ3) is 2.81. The van der Waals surface area contributed by atoms with Crippen LogP contribution >= 0.6 is 22.6 Å². The second-order valence-electron chi connectivity index (χ2n) is 3.91. The van der Waals surface area contributed by atoms with Crippen LogP contribution in [0, 0.1) is 10.5 Å². The number of benzene rings is 2. The van der Waals surface area contributed by atoms with Crippen molar-refractivity contribution in [3.8, 4) is 5.75 Å². The molecule has 0 fully saturated rings. The average molecular weight is 353 g/mol. The van der Waals surface area contributed by atoms with Crippen molar-refractivity contribution in [2.75, 3.05) is 5.32 Å². The van der Waals surface area contributed by atoms with Gasteiger partial charge < -0.3 is 10.4 Å². The van der Waals surface area contributed by atoms with E-state index in [1.54, 1.807) is 31.2 Å². The highest BCUT2D eigenvalue weighted by Gasteiger charge is 2.09. The lowest BCUT2D eigenvalue weighted by Crippen LogP contribution is -2.12. The first kappa shape index (κ1) is 12.9. The highest BCUT2D eigenvalue weighted by molar-refractivity contribution is 14.1. The molecule has 0 heterocycles. The number of aromatic hydroxyl groups is 1. The van der Waals surface area contributed by atoms with Gasteiger partial charge in [0.2, 0.25) is 0 Å². The van der Waals surface area contributed by atoms with Gasteiger partial charge in [-0.1, -0.05) is 12.1 Å². The molecule has 2 N–H and O–H groups in total. The Hall–Kier alpha value is -1.56. The van der Waals surface area contributed by atoms with Crippen LogP contribution in [-0.2, 0) is 0 Å². The highest BCUT2D eigenvalue weighted by Crippen LogP contribution is 2.24. The van der Waals surface area contributed by atoms with E-state index < -0.39 is 0 Å². The summed E-state index contributed by atoms with van der Waals surface area (Å²) in [4.78, 5) is 12.0. The molecule has 0 aliphatic rings.